The molecule has 0 atom stereocenters. The van der Waals surface area contributed by atoms with Crippen molar-refractivity contribution in [2.75, 3.05) is 14.2 Å². The Balaban J connectivity index is 2.28. The third kappa shape index (κ3) is 2.26. The van der Waals surface area contributed by atoms with Crippen LogP contribution in [0.5, 0.6) is 17.2 Å². The molecule has 3 rings (SSSR count). The number of fused-ring (bicyclic) bond motifs is 1. The number of aromatic hydroxyl groups is 1. The predicted octanol–water partition coefficient (Wildman–Crippen LogP) is 3.18. The average molecular weight is 298 g/mol. The van der Waals surface area contributed by atoms with E-state index < -0.39 is 0 Å². The van der Waals surface area contributed by atoms with E-state index in [-0.39, 0.29) is 16.9 Å². The highest BCUT2D eigenvalue weighted by Gasteiger charge is 2.15. The first-order valence-electron chi connectivity index (χ1n) is 6.62. The van der Waals surface area contributed by atoms with Crippen LogP contribution in [0.15, 0.2) is 51.7 Å². The molecule has 0 aliphatic rings. The molecular weight excluding hydrogens is 284 g/mol. The van der Waals surface area contributed by atoms with Crippen LogP contribution in [0.4, 0.5) is 0 Å². The zero-order valence-corrected chi connectivity index (χ0v) is 12.1. The summed E-state index contributed by atoms with van der Waals surface area (Å²) in [5.74, 6) is 1.23. The minimum Gasteiger partial charge on any atom is -0.507 e. The van der Waals surface area contributed by atoms with E-state index in [2.05, 4.69) is 0 Å². The molecule has 2 aromatic carbocycles. The number of ether oxygens (including phenoxy) is 2. The fourth-order valence-corrected chi connectivity index (χ4v) is 2.32. The molecule has 3 aromatic rings. The lowest BCUT2D eigenvalue weighted by molar-refractivity contribution is 0.407. The zero-order chi connectivity index (χ0) is 15.7. The minimum absolute atomic E-state index is 0.0182. The van der Waals surface area contributed by atoms with Gasteiger partial charge in [0.05, 0.1) is 19.6 Å². The third-order valence-corrected chi connectivity index (χ3v) is 3.40. The van der Waals surface area contributed by atoms with E-state index in [0.717, 1.165) is 0 Å². The maximum Gasteiger partial charge on any atom is 0.193 e. The van der Waals surface area contributed by atoms with Gasteiger partial charge in [0.15, 0.2) is 5.43 Å². The summed E-state index contributed by atoms with van der Waals surface area (Å²) >= 11 is 0. The maximum absolute atomic E-state index is 12.3. The molecule has 5 heteroatoms. The van der Waals surface area contributed by atoms with Gasteiger partial charge in [-0.2, -0.15) is 0 Å². The van der Waals surface area contributed by atoms with Crippen molar-refractivity contribution in [2.24, 2.45) is 0 Å². The van der Waals surface area contributed by atoms with Crippen LogP contribution in [0.25, 0.3) is 22.3 Å². The van der Waals surface area contributed by atoms with Gasteiger partial charge >= 0.3 is 0 Å². The number of phenolic OH excluding ortho intramolecular Hbond substituents is 1. The van der Waals surface area contributed by atoms with Crippen molar-refractivity contribution in [1.29, 1.82) is 0 Å². The molecule has 0 aliphatic heterocycles. The Hall–Kier alpha value is -2.95. The number of benzene rings is 2. The van der Waals surface area contributed by atoms with Crippen LogP contribution >= 0.6 is 0 Å². The van der Waals surface area contributed by atoms with E-state index in [1.165, 1.54) is 26.4 Å². The lowest BCUT2D eigenvalue weighted by atomic mass is 10.1. The van der Waals surface area contributed by atoms with E-state index in [9.17, 15) is 9.90 Å². The van der Waals surface area contributed by atoms with Crippen molar-refractivity contribution in [3.8, 4) is 28.6 Å². The van der Waals surface area contributed by atoms with Crippen LogP contribution in [0.3, 0.4) is 0 Å². The predicted molar refractivity (Wildman–Crippen MR) is 82.7 cm³/mol. The van der Waals surface area contributed by atoms with Crippen LogP contribution in [-0.4, -0.2) is 19.3 Å². The molecule has 5 nitrogen and oxygen atoms in total. The fraction of sp³-hybridized carbons (Fsp3) is 0.118. The molecule has 0 amide bonds. The van der Waals surface area contributed by atoms with Gasteiger partial charge in [-0.05, 0) is 30.3 Å². The zero-order valence-electron chi connectivity index (χ0n) is 12.1. The average Bonchev–Trinajstić information content (AvgIpc) is 2.54. The van der Waals surface area contributed by atoms with Gasteiger partial charge in [-0.15, -0.1) is 0 Å². The summed E-state index contributed by atoms with van der Waals surface area (Å²) in [5.41, 5.74) is 0.536. The molecule has 0 aliphatic carbocycles. The van der Waals surface area contributed by atoms with Crippen molar-refractivity contribution in [3.05, 3.63) is 52.7 Å². The van der Waals surface area contributed by atoms with E-state index in [1.54, 1.807) is 30.3 Å². The summed E-state index contributed by atoms with van der Waals surface area (Å²) in [6, 6.07) is 11.2. The number of hydrogen-bond acceptors (Lipinski definition) is 5. The molecular formula is C17H14O5. The third-order valence-electron chi connectivity index (χ3n) is 3.40. The highest BCUT2D eigenvalue weighted by molar-refractivity contribution is 5.82. The second kappa shape index (κ2) is 5.44. The summed E-state index contributed by atoms with van der Waals surface area (Å²) in [7, 11) is 3.02. The Bertz CT molecular complexity index is 895. The van der Waals surface area contributed by atoms with Gasteiger partial charge in [0.25, 0.3) is 0 Å². The molecule has 1 heterocycles. The summed E-state index contributed by atoms with van der Waals surface area (Å²) in [6.45, 7) is 0. The number of hydrogen-bond donors (Lipinski definition) is 1. The molecule has 0 fully saturated rings. The van der Waals surface area contributed by atoms with E-state index in [1.807, 2.05) is 0 Å². The maximum atomic E-state index is 12.3. The Morgan fingerprint density at radius 2 is 1.86 bits per heavy atom. The normalized spacial score (nSPS) is 10.6. The first kappa shape index (κ1) is 14.0. The standard InChI is InChI=1S/C17H14O5/c1-20-10-6-7-14-11(8-10)13(19)9-16(22-14)17-12(18)4-3-5-15(17)21-2/h3-9,18H,1-2H3. The van der Waals surface area contributed by atoms with Crippen LogP contribution < -0.4 is 14.9 Å². The number of rotatable bonds is 3. The SMILES string of the molecule is COc1ccc2oc(-c3c(O)cccc3OC)cc(=O)c2c1. The van der Waals surface area contributed by atoms with E-state index >= 15 is 0 Å². The molecule has 0 saturated carbocycles. The molecule has 112 valence electrons. The van der Waals surface area contributed by atoms with Crippen molar-refractivity contribution >= 4 is 11.0 Å². The summed E-state index contributed by atoms with van der Waals surface area (Å²) in [5, 5.41) is 10.5. The van der Waals surface area contributed by atoms with Crippen LogP contribution in [0.2, 0.25) is 0 Å². The van der Waals surface area contributed by atoms with Gasteiger partial charge in [-0.25, -0.2) is 0 Å². The lowest BCUT2D eigenvalue weighted by Crippen LogP contribution is -2.01. The fourth-order valence-electron chi connectivity index (χ4n) is 2.32. The van der Waals surface area contributed by atoms with E-state index in [4.69, 9.17) is 13.9 Å². The van der Waals surface area contributed by atoms with Gasteiger partial charge in [0.1, 0.15) is 34.2 Å². The highest BCUT2D eigenvalue weighted by Crippen LogP contribution is 2.38. The summed E-state index contributed by atoms with van der Waals surface area (Å²) in [4.78, 5) is 12.3. The molecule has 1 N–H and O–H groups in total. The summed E-state index contributed by atoms with van der Waals surface area (Å²) in [6.07, 6.45) is 0. The van der Waals surface area contributed by atoms with Crippen molar-refractivity contribution < 1.29 is 19.0 Å². The number of phenols is 1. The Labute approximate surface area is 126 Å². The molecule has 0 saturated heterocycles. The van der Waals surface area contributed by atoms with Crippen LogP contribution in [0, 0.1) is 0 Å². The molecule has 1 aromatic heterocycles. The minimum atomic E-state index is -0.222. The molecule has 0 spiro atoms. The van der Waals surface area contributed by atoms with E-state index in [0.29, 0.717) is 28.0 Å². The number of methoxy groups -OCH3 is 2. The van der Waals surface area contributed by atoms with Crippen molar-refractivity contribution in [2.45, 2.75) is 0 Å². The Morgan fingerprint density at radius 1 is 1.05 bits per heavy atom. The molecule has 0 bridgehead atoms. The molecule has 22 heavy (non-hydrogen) atoms. The Kier molecular flexibility index (Phi) is 3.47. The van der Waals surface area contributed by atoms with Gasteiger partial charge in [-0.3, -0.25) is 4.79 Å². The van der Waals surface area contributed by atoms with Crippen molar-refractivity contribution in [3.63, 3.8) is 0 Å². The summed E-state index contributed by atoms with van der Waals surface area (Å²) < 4.78 is 16.1. The first-order chi connectivity index (χ1) is 10.6. The van der Waals surface area contributed by atoms with Gasteiger partial charge < -0.3 is 19.0 Å². The smallest absolute Gasteiger partial charge is 0.193 e. The van der Waals surface area contributed by atoms with Gasteiger partial charge in [0.2, 0.25) is 0 Å². The highest BCUT2D eigenvalue weighted by atomic mass is 16.5. The first-order valence-corrected chi connectivity index (χ1v) is 6.62. The molecule has 0 radical (unpaired) electrons. The van der Waals surface area contributed by atoms with Crippen LogP contribution in [0.1, 0.15) is 0 Å². The second-order valence-corrected chi connectivity index (χ2v) is 4.69. The van der Waals surface area contributed by atoms with Gasteiger partial charge in [0, 0.05) is 6.07 Å². The topological polar surface area (TPSA) is 68.9 Å². The second-order valence-electron chi connectivity index (χ2n) is 4.69. The lowest BCUT2D eigenvalue weighted by Gasteiger charge is -2.10. The largest absolute Gasteiger partial charge is 0.507 e. The Morgan fingerprint density at radius 3 is 2.59 bits per heavy atom. The van der Waals surface area contributed by atoms with Crippen LogP contribution in [-0.2, 0) is 0 Å². The van der Waals surface area contributed by atoms with Gasteiger partial charge in [-0.1, -0.05) is 6.07 Å². The van der Waals surface area contributed by atoms with Crippen molar-refractivity contribution in [1.82, 2.24) is 0 Å². The quantitative estimate of drug-likeness (QED) is 0.804. The molecule has 0 unspecified atom stereocenters. The monoisotopic (exact) mass is 298 g/mol.